The molecule has 1 aromatic carbocycles. The minimum absolute atomic E-state index is 0.181. The molecule has 0 aliphatic rings. The highest BCUT2D eigenvalue weighted by molar-refractivity contribution is 7.11. The van der Waals surface area contributed by atoms with E-state index >= 15 is 0 Å². The Bertz CT molecular complexity index is 855. The minimum Gasteiger partial charge on any atom is -0.347 e. The average molecular weight is 347 g/mol. The molecule has 5 nitrogen and oxygen atoms in total. The Balaban J connectivity index is 1.85. The van der Waals surface area contributed by atoms with Crippen molar-refractivity contribution >= 4 is 28.8 Å². The summed E-state index contributed by atoms with van der Waals surface area (Å²) in [5.74, 6) is -0.181. The predicted octanol–water partition coefficient (Wildman–Crippen LogP) is 3.44. The molecule has 2 aromatic heterocycles. The number of hydrogen-bond acceptors (Lipinski definition) is 4. The van der Waals surface area contributed by atoms with Gasteiger partial charge >= 0.3 is 0 Å². The fraction of sp³-hybridized carbons (Fsp3) is 0.188. The van der Waals surface area contributed by atoms with Crippen molar-refractivity contribution in [2.45, 2.75) is 13.5 Å². The van der Waals surface area contributed by atoms with Gasteiger partial charge in [-0.05, 0) is 13.0 Å². The molecule has 0 fully saturated rings. The van der Waals surface area contributed by atoms with Crippen LogP contribution in [-0.2, 0) is 13.6 Å². The average Bonchev–Trinajstić information content (AvgIpc) is 3.11. The fourth-order valence-corrected chi connectivity index (χ4v) is 3.22. The van der Waals surface area contributed by atoms with Crippen molar-refractivity contribution in [2.75, 3.05) is 0 Å². The lowest BCUT2D eigenvalue weighted by Gasteiger charge is -2.05. The van der Waals surface area contributed by atoms with E-state index in [2.05, 4.69) is 15.4 Å². The molecule has 7 heteroatoms. The molecule has 23 heavy (non-hydrogen) atoms. The normalized spacial score (nSPS) is 10.7. The Morgan fingerprint density at radius 1 is 1.39 bits per heavy atom. The SMILES string of the molecule is Cc1ncc(CNC(=O)c2cn(C)nc2-c2ccccc2Cl)s1. The first-order valence-electron chi connectivity index (χ1n) is 7.02. The topological polar surface area (TPSA) is 59.8 Å². The summed E-state index contributed by atoms with van der Waals surface area (Å²) in [7, 11) is 1.78. The first-order valence-corrected chi connectivity index (χ1v) is 8.22. The van der Waals surface area contributed by atoms with E-state index in [-0.39, 0.29) is 5.91 Å². The third-order valence-corrected chi connectivity index (χ3v) is 4.54. The summed E-state index contributed by atoms with van der Waals surface area (Å²) in [6.45, 7) is 2.38. The Morgan fingerprint density at radius 3 is 2.87 bits per heavy atom. The number of halogens is 1. The van der Waals surface area contributed by atoms with Gasteiger partial charge in [0, 0.05) is 29.9 Å². The Morgan fingerprint density at radius 2 is 2.17 bits per heavy atom. The first-order chi connectivity index (χ1) is 11.0. The molecule has 1 N–H and O–H groups in total. The van der Waals surface area contributed by atoms with Gasteiger partial charge in [-0.1, -0.05) is 29.8 Å². The molecular formula is C16H15ClN4OS. The molecule has 3 rings (SSSR count). The molecule has 118 valence electrons. The van der Waals surface area contributed by atoms with Gasteiger partial charge in [0.25, 0.3) is 5.91 Å². The summed E-state index contributed by atoms with van der Waals surface area (Å²) in [6, 6.07) is 7.36. The first kappa shape index (κ1) is 15.7. The van der Waals surface area contributed by atoms with Crippen LogP contribution in [0.15, 0.2) is 36.7 Å². The smallest absolute Gasteiger partial charge is 0.255 e. The van der Waals surface area contributed by atoms with Gasteiger partial charge in [-0.3, -0.25) is 9.48 Å². The van der Waals surface area contributed by atoms with Crippen molar-refractivity contribution in [1.82, 2.24) is 20.1 Å². The Hall–Kier alpha value is -2.18. The third kappa shape index (κ3) is 3.43. The van der Waals surface area contributed by atoms with Crippen LogP contribution in [0.1, 0.15) is 20.2 Å². The predicted molar refractivity (Wildman–Crippen MR) is 91.7 cm³/mol. The lowest BCUT2D eigenvalue weighted by Crippen LogP contribution is -2.22. The molecule has 0 unspecified atom stereocenters. The summed E-state index contributed by atoms with van der Waals surface area (Å²) in [4.78, 5) is 17.7. The lowest BCUT2D eigenvalue weighted by molar-refractivity contribution is 0.0952. The van der Waals surface area contributed by atoms with Crippen molar-refractivity contribution in [3.8, 4) is 11.3 Å². The summed E-state index contributed by atoms with van der Waals surface area (Å²) in [5, 5.41) is 8.84. The van der Waals surface area contributed by atoms with Crippen LogP contribution in [-0.4, -0.2) is 20.7 Å². The fourth-order valence-electron chi connectivity index (χ4n) is 2.26. The molecule has 2 heterocycles. The second-order valence-electron chi connectivity index (χ2n) is 5.07. The van der Waals surface area contributed by atoms with Gasteiger partial charge in [0.15, 0.2) is 0 Å². The number of benzene rings is 1. The minimum atomic E-state index is -0.181. The van der Waals surface area contributed by atoms with Crippen LogP contribution in [0.25, 0.3) is 11.3 Å². The van der Waals surface area contributed by atoms with E-state index in [1.807, 2.05) is 25.1 Å². The molecule has 0 aliphatic heterocycles. The van der Waals surface area contributed by atoms with Crippen LogP contribution in [0.5, 0.6) is 0 Å². The largest absolute Gasteiger partial charge is 0.347 e. The second kappa shape index (κ2) is 6.52. The number of nitrogens with zero attached hydrogens (tertiary/aromatic N) is 3. The molecule has 1 amide bonds. The van der Waals surface area contributed by atoms with E-state index in [1.165, 1.54) is 0 Å². The Labute approximate surface area is 142 Å². The summed E-state index contributed by atoms with van der Waals surface area (Å²) >= 11 is 7.80. The molecular weight excluding hydrogens is 332 g/mol. The van der Waals surface area contributed by atoms with E-state index in [0.717, 1.165) is 15.4 Å². The quantitative estimate of drug-likeness (QED) is 0.787. The van der Waals surface area contributed by atoms with Crippen LogP contribution in [0.3, 0.4) is 0 Å². The van der Waals surface area contributed by atoms with Crippen LogP contribution in [0, 0.1) is 6.92 Å². The maximum Gasteiger partial charge on any atom is 0.255 e. The van der Waals surface area contributed by atoms with Gasteiger partial charge in [-0.25, -0.2) is 4.98 Å². The highest BCUT2D eigenvalue weighted by Gasteiger charge is 2.18. The highest BCUT2D eigenvalue weighted by Crippen LogP contribution is 2.29. The zero-order valence-electron chi connectivity index (χ0n) is 12.7. The molecule has 0 saturated carbocycles. The van der Waals surface area contributed by atoms with Gasteiger partial charge in [0.2, 0.25) is 0 Å². The van der Waals surface area contributed by atoms with E-state index in [0.29, 0.717) is 22.8 Å². The number of aromatic nitrogens is 3. The molecule has 0 atom stereocenters. The standard InChI is InChI=1S/C16H15ClN4OS/c1-10-18-7-11(23-10)8-19-16(22)13-9-21(2)20-15(13)12-5-3-4-6-14(12)17/h3-7,9H,8H2,1-2H3,(H,19,22). The lowest BCUT2D eigenvalue weighted by atomic mass is 10.1. The Kier molecular flexibility index (Phi) is 4.45. The van der Waals surface area contributed by atoms with Crippen LogP contribution >= 0.6 is 22.9 Å². The molecule has 0 spiro atoms. The number of aryl methyl sites for hydroxylation is 2. The van der Waals surface area contributed by atoms with Crippen LogP contribution < -0.4 is 5.32 Å². The van der Waals surface area contributed by atoms with Gasteiger partial charge in [0.05, 0.1) is 22.1 Å². The zero-order valence-corrected chi connectivity index (χ0v) is 14.3. The van der Waals surface area contributed by atoms with Crippen molar-refractivity contribution in [2.24, 2.45) is 7.05 Å². The van der Waals surface area contributed by atoms with Gasteiger partial charge in [-0.2, -0.15) is 5.10 Å². The number of nitrogens with one attached hydrogen (secondary N) is 1. The van der Waals surface area contributed by atoms with E-state index in [4.69, 9.17) is 11.6 Å². The third-order valence-electron chi connectivity index (χ3n) is 3.29. The number of amides is 1. The molecule has 0 aliphatic carbocycles. The summed E-state index contributed by atoms with van der Waals surface area (Å²) < 4.78 is 1.62. The zero-order chi connectivity index (χ0) is 16.4. The highest BCUT2D eigenvalue weighted by atomic mass is 35.5. The maximum atomic E-state index is 12.5. The molecule has 0 radical (unpaired) electrons. The number of hydrogen-bond donors (Lipinski definition) is 1. The van der Waals surface area contributed by atoms with Crippen molar-refractivity contribution < 1.29 is 4.79 Å². The number of rotatable bonds is 4. The van der Waals surface area contributed by atoms with E-state index in [9.17, 15) is 4.79 Å². The number of carbonyl (C=O) groups is 1. The molecule has 0 bridgehead atoms. The van der Waals surface area contributed by atoms with Crippen molar-refractivity contribution in [3.63, 3.8) is 0 Å². The summed E-state index contributed by atoms with van der Waals surface area (Å²) in [6.07, 6.45) is 3.48. The number of thiazole rings is 1. The molecule has 0 saturated heterocycles. The van der Waals surface area contributed by atoms with Crippen LogP contribution in [0.4, 0.5) is 0 Å². The van der Waals surface area contributed by atoms with Gasteiger partial charge in [-0.15, -0.1) is 11.3 Å². The van der Waals surface area contributed by atoms with E-state index < -0.39 is 0 Å². The molecule has 3 aromatic rings. The van der Waals surface area contributed by atoms with Crippen molar-refractivity contribution in [1.29, 1.82) is 0 Å². The summed E-state index contributed by atoms with van der Waals surface area (Å²) in [5.41, 5.74) is 1.83. The van der Waals surface area contributed by atoms with E-state index in [1.54, 1.807) is 41.5 Å². The van der Waals surface area contributed by atoms with Crippen LogP contribution in [0.2, 0.25) is 5.02 Å². The van der Waals surface area contributed by atoms with Gasteiger partial charge in [0.1, 0.15) is 5.69 Å². The maximum absolute atomic E-state index is 12.5. The monoisotopic (exact) mass is 346 g/mol. The van der Waals surface area contributed by atoms with Crippen molar-refractivity contribution in [3.05, 3.63) is 57.1 Å². The van der Waals surface area contributed by atoms with Gasteiger partial charge < -0.3 is 5.32 Å². The second-order valence-corrected chi connectivity index (χ2v) is 6.80. The number of carbonyl (C=O) groups excluding carboxylic acids is 1.